The van der Waals surface area contributed by atoms with Crippen molar-refractivity contribution in [2.75, 3.05) is 5.75 Å². The molecule has 0 aliphatic rings. The number of rotatable bonds is 5. The summed E-state index contributed by atoms with van der Waals surface area (Å²) < 4.78 is 14.8. The molecule has 2 aromatic rings. The van der Waals surface area contributed by atoms with Crippen molar-refractivity contribution in [3.63, 3.8) is 0 Å². The zero-order valence-corrected chi connectivity index (χ0v) is 11.0. The molecule has 5 heteroatoms. The normalized spacial score (nSPS) is 10.8. The average molecular weight is 266 g/mol. The van der Waals surface area contributed by atoms with Gasteiger partial charge in [0.25, 0.3) is 0 Å². The second-order valence-corrected chi connectivity index (χ2v) is 5.07. The van der Waals surface area contributed by atoms with Gasteiger partial charge in [0, 0.05) is 6.54 Å². The van der Waals surface area contributed by atoms with E-state index in [4.69, 9.17) is 0 Å². The second-order valence-electron chi connectivity index (χ2n) is 3.84. The van der Waals surface area contributed by atoms with Crippen LogP contribution in [0.25, 0.3) is 0 Å². The van der Waals surface area contributed by atoms with Gasteiger partial charge in [-0.05, 0) is 23.4 Å². The fourth-order valence-corrected chi connectivity index (χ4v) is 2.43. The first-order valence-electron chi connectivity index (χ1n) is 5.77. The molecule has 1 aromatic heterocycles. The van der Waals surface area contributed by atoms with Gasteiger partial charge >= 0.3 is 0 Å². The first-order valence-corrected chi connectivity index (χ1v) is 6.75. The molecular formula is C13H15FN2OS. The summed E-state index contributed by atoms with van der Waals surface area (Å²) in [6.45, 7) is 2.61. The molecule has 0 amide bonds. The highest BCUT2D eigenvalue weighted by Gasteiger charge is 2.09. The third-order valence-corrected chi connectivity index (χ3v) is 3.46. The number of nitrogens with zero attached hydrogens (tertiary/aromatic N) is 2. The first kappa shape index (κ1) is 13.1. The van der Waals surface area contributed by atoms with Gasteiger partial charge in [0.1, 0.15) is 5.82 Å². The van der Waals surface area contributed by atoms with Gasteiger partial charge in [0.05, 0.1) is 18.5 Å². The summed E-state index contributed by atoms with van der Waals surface area (Å²) >= 11 is 1.63. The van der Waals surface area contributed by atoms with E-state index in [2.05, 4.69) is 11.9 Å². The lowest BCUT2D eigenvalue weighted by Crippen LogP contribution is -2.06. The Balaban J connectivity index is 2.26. The van der Waals surface area contributed by atoms with Crippen LogP contribution in [0.4, 0.5) is 4.39 Å². The Morgan fingerprint density at radius 1 is 1.33 bits per heavy atom. The lowest BCUT2D eigenvalue weighted by atomic mass is 10.2. The van der Waals surface area contributed by atoms with E-state index in [1.54, 1.807) is 30.1 Å². The van der Waals surface area contributed by atoms with E-state index < -0.39 is 0 Å². The van der Waals surface area contributed by atoms with Crippen molar-refractivity contribution >= 4 is 11.8 Å². The molecule has 0 aliphatic carbocycles. The van der Waals surface area contributed by atoms with E-state index in [0.29, 0.717) is 6.54 Å². The molecule has 3 nitrogen and oxygen atoms in total. The van der Waals surface area contributed by atoms with Gasteiger partial charge in [-0.3, -0.25) is 0 Å². The second kappa shape index (κ2) is 6.02. The van der Waals surface area contributed by atoms with Crippen molar-refractivity contribution in [1.29, 1.82) is 0 Å². The number of benzene rings is 1. The van der Waals surface area contributed by atoms with Gasteiger partial charge in [0.2, 0.25) is 0 Å². The Morgan fingerprint density at radius 3 is 2.67 bits per heavy atom. The summed E-state index contributed by atoms with van der Waals surface area (Å²) in [6.07, 6.45) is 1.68. The molecule has 0 unspecified atom stereocenters. The highest BCUT2D eigenvalue weighted by atomic mass is 32.2. The van der Waals surface area contributed by atoms with Gasteiger partial charge in [0.15, 0.2) is 5.16 Å². The zero-order chi connectivity index (χ0) is 13.0. The number of hydrogen-bond donors (Lipinski definition) is 1. The van der Waals surface area contributed by atoms with E-state index in [-0.39, 0.29) is 12.4 Å². The van der Waals surface area contributed by atoms with Crippen LogP contribution in [0.15, 0.2) is 35.6 Å². The summed E-state index contributed by atoms with van der Waals surface area (Å²) in [5.74, 6) is 0.681. The summed E-state index contributed by atoms with van der Waals surface area (Å²) in [5.41, 5.74) is 1.76. The third-order valence-electron chi connectivity index (χ3n) is 2.59. The maximum atomic E-state index is 12.8. The molecule has 2 rings (SSSR count). The highest BCUT2D eigenvalue weighted by Crippen LogP contribution is 2.20. The van der Waals surface area contributed by atoms with E-state index in [1.165, 1.54) is 12.1 Å². The van der Waals surface area contributed by atoms with E-state index >= 15 is 0 Å². The number of aliphatic hydroxyl groups excluding tert-OH is 1. The number of thioether (sulfide) groups is 1. The molecule has 0 radical (unpaired) electrons. The van der Waals surface area contributed by atoms with Crippen LogP contribution in [0, 0.1) is 5.82 Å². The largest absolute Gasteiger partial charge is 0.390 e. The monoisotopic (exact) mass is 266 g/mol. The fourth-order valence-electron chi connectivity index (χ4n) is 1.70. The van der Waals surface area contributed by atoms with E-state index in [0.717, 1.165) is 22.2 Å². The van der Waals surface area contributed by atoms with Crippen LogP contribution in [-0.2, 0) is 13.2 Å². The van der Waals surface area contributed by atoms with Gasteiger partial charge in [-0.2, -0.15) is 0 Å². The fraction of sp³-hybridized carbons (Fsp3) is 0.308. The van der Waals surface area contributed by atoms with Gasteiger partial charge in [-0.25, -0.2) is 9.37 Å². The molecule has 18 heavy (non-hydrogen) atoms. The van der Waals surface area contributed by atoms with Crippen LogP contribution < -0.4 is 0 Å². The molecule has 0 saturated carbocycles. The molecule has 96 valence electrons. The Kier molecular flexibility index (Phi) is 4.38. The minimum absolute atomic E-state index is 0.0432. The van der Waals surface area contributed by atoms with Gasteiger partial charge in [-0.15, -0.1) is 0 Å². The van der Waals surface area contributed by atoms with Crippen LogP contribution in [0.3, 0.4) is 0 Å². The molecule has 1 heterocycles. The van der Waals surface area contributed by atoms with Crippen LogP contribution in [0.2, 0.25) is 0 Å². The molecule has 0 bridgehead atoms. The topological polar surface area (TPSA) is 38.1 Å². The van der Waals surface area contributed by atoms with Crippen LogP contribution >= 0.6 is 11.8 Å². The number of aromatic nitrogens is 2. The third kappa shape index (κ3) is 2.91. The maximum absolute atomic E-state index is 12.8. The van der Waals surface area contributed by atoms with Crippen molar-refractivity contribution < 1.29 is 9.50 Å². The summed E-state index contributed by atoms with van der Waals surface area (Å²) in [6, 6.07) is 6.38. The lowest BCUT2D eigenvalue weighted by molar-refractivity contribution is 0.270. The van der Waals surface area contributed by atoms with Crippen molar-refractivity contribution in [3.05, 3.63) is 47.5 Å². The van der Waals surface area contributed by atoms with Crippen molar-refractivity contribution in [3.8, 4) is 0 Å². The zero-order valence-electron chi connectivity index (χ0n) is 10.1. The minimum Gasteiger partial charge on any atom is -0.390 e. The summed E-state index contributed by atoms with van der Waals surface area (Å²) in [5, 5.41) is 10.2. The predicted molar refractivity (Wildman–Crippen MR) is 70.0 cm³/mol. The Hall–Kier alpha value is -1.33. The van der Waals surface area contributed by atoms with Crippen LogP contribution in [0.5, 0.6) is 0 Å². The van der Waals surface area contributed by atoms with Crippen molar-refractivity contribution in [2.24, 2.45) is 0 Å². The molecule has 0 spiro atoms. The van der Waals surface area contributed by atoms with Crippen LogP contribution in [0.1, 0.15) is 18.2 Å². The molecular weight excluding hydrogens is 251 g/mol. The van der Waals surface area contributed by atoms with E-state index in [1.807, 2.05) is 4.57 Å². The quantitative estimate of drug-likeness (QED) is 0.846. The van der Waals surface area contributed by atoms with Crippen molar-refractivity contribution in [1.82, 2.24) is 9.55 Å². The lowest BCUT2D eigenvalue weighted by Gasteiger charge is -2.10. The van der Waals surface area contributed by atoms with E-state index in [9.17, 15) is 9.50 Å². The number of hydrogen-bond acceptors (Lipinski definition) is 3. The minimum atomic E-state index is -0.241. The molecule has 0 aliphatic heterocycles. The molecule has 0 atom stereocenters. The van der Waals surface area contributed by atoms with Crippen LogP contribution in [-0.4, -0.2) is 20.4 Å². The predicted octanol–water partition coefficient (Wildman–Crippen LogP) is 2.67. The van der Waals surface area contributed by atoms with Gasteiger partial charge in [-0.1, -0.05) is 30.8 Å². The molecule has 1 aromatic carbocycles. The molecule has 0 saturated heterocycles. The molecule has 0 fully saturated rings. The summed E-state index contributed by atoms with van der Waals surface area (Å²) in [4.78, 5) is 4.28. The average Bonchev–Trinajstić information content (AvgIpc) is 2.75. The Bertz CT molecular complexity index is 510. The number of halogens is 1. The summed E-state index contributed by atoms with van der Waals surface area (Å²) in [7, 11) is 0. The van der Waals surface area contributed by atoms with Gasteiger partial charge < -0.3 is 9.67 Å². The smallest absolute Gasteiger partial charge is 0.168 e. The standard InChI is InChI=1S/C13H15FN2OS/c1-2-18-13-15-7-12(9-17)16(13)8-10-3-5-11(14)6-4-10/h3-7,17H,2,8-9H2,1H3. The number of imidazole rings is 1. The maximum Gasteiger partial charge on any atom is 0.168 e. The highest BCUT2D eigenvalue weighted by molar-refractivity contribution is 7.99. The Morgan fingerprint density at radius 2 is 2.06 bits per heavy atom. The van der Waals surface area contributed by atoms with Crippen molar-refractivity contribution in [2.45, 2.75) is 25.2 Å². The first-order chi connectivity index (χ1) is 8.74. The number of aliphatic hydroxyl groups is 1. The SMILES string of the molecule is CCSc1ncc(CO)n1Cc1ccc(F)cc1. The molecule has 1 N–H and O–H groups in total. The Labute approximate surface area is 110 Å².